The van der Waals surface area contributed by atoms with E-state index in [0.717, 1.165) is 17.7 Å². The fourth-order valence-electron chi connectivity index (χ4n) is 4.39. The molecule has 0 spiro atoms. The highest BCUT2D eigenvalue weighted by Crippen LogP contribution is 2.38. The van der Waals surface area contributed by atoms with Crippen LogP contribution < -0.4 is 10.7 Å². The zero-order valence-corrected chi connectivity index (χ0v) is 18.0. The molecule has 0 aromatic heterocycles. The Balaban J connectivity index is 1.69. The van der Waals surface area contributed by atoms with E-state index >= 15 is 0 Å². The molecule has 174 valence electrons. The lowest BCUT2D eigenvalue weighted by Crippen LogP contribution is -2.40. The van der Waals surface area contributed by atoms with Gasteiger partial charge in [0.05, 0.1) is 23.5 Å². The molecule has 1 aliphatic carbocycles. The van der Waals surface area contributed by atoms with E-state index in [1.54, 1.807) is 20.1 Å². The second-order valence-corrected chi connectivity index (χ2v) is 8.07. The number of hydrogen-bond acceptors (Lipinski definition) is 4. The lowest BCUT2D eigenvalue weighted by Gasteiger charge is -2.34. The molecule has 2 unspecified atom stereocenters. The van der Waals surface area contributed by atoms with Crippen LogP contribution in [0.5, 0.6) is 0 Å². The van der Waals surface area contributed by atoms with Gasteiger partial charge in [0.1, 0.15) is 5.83 Å². The molecule has 6 nitrogen and oxygen atoms in total. The number of allylic oxidation sites excluding steroid dienone is 2. The Hall–Kier alpha value is -3.43. The predicted molar refractivity (Wildman–Crippen MR) is 113 cm³/mol. The lowest BCUT2D eigenvalue weighted by molar-refractivity contribution is -0.137. The van der Waals surface area contributed by atoms with Gasteiger partial charge in [-0.1, -0.05) is 12.1 Å². The zero-order chi connectivity index (χ0) is 23.9. The van der Waals surface area contributed by atoms with Gasteiger partial charge in [-0.2, -0.15) is 18.3 Å². The first-order valence-electron chi connectivity index (χ1n) is 10.5. The van der Waals surface area contributed by atoms with Crippen molar-refractivity contribution < 1.29 is 27.2 Å². The molecule has 3 aliphatic rings. The fourth-order valence-corrected chi connectivity index (χ4v) is 4.39. The van der Waals surface area contributed by atoms with Crippen LogP contribution in [-0.2, 0) is 15.8 Å². The quantitative estimate of drug-likeness (QED) is 0.667. The second-order valence-electron chi connectivity index (χ2n) is 8.07. The summed E-state index contributed by atoms with van der Waals surface area (Å²) in [5, 5.41) is 6.50. The van der Waals surface area contributed by atoms with E-state index in [4.69, 9.17) is 0 Å². The number of carbonyl (C=O) groups is 2. The van der Waals surface area contributed by atoms with Crippen molar-refractivity contribution >= 4 is 18.0 Å². The van der Waals surface area contributed by atoms with Crippen LogP contribution in [0.1, 0.15) is 43.7 Å². The Morgan fingerprint density at radius 2 is 1.94 bits per heavy atom. The van der Waals surface area contributed by atoms with Crippen molar-refractivity contribution in [2.24, 2.45) is 5.10 Å². The standard InChI is InChI=1S/C23H22F4N4O2/c1-3-31-12(2)21(22(33)29-19-8-14-11-28-30-18(14)10-17(19)24)16(9-20(31)32)13-4-6-15(7-5-13)23(25,26)27/h4-8,11,16,18,30H,3,9-10H2,1-2H3,(H,29,33). The minimum atomic E-state index is -4.50. The van der Waals surface area contributed by atoms with Gasteiger partial charge in [0.15, 0.2) is 0 Å². The van der Waals surface area contributed by atoms with Gasteiger partial charge >= 0.3 is 6.18 Å². The molecular formula is C23H22F4N4O2. The molecule has 1 aromatic rings. The summed E-state index contributed by atoms with van der Waals surface area (Å²) in [7, 11) is 0. The number of amides is 2. The summed E-state index contributed by atoms with van der Waals surface area (Å²) >= 11 is 0. The molecule has 0 fully saturated rings. The van der Waals surface area contributed by atoms with E-state index in [0.29, 0.717) is 17.8 Å². The highest BCUT2D eigenvalue weighted by atomic mass is 19.4. The van der Waals surface area contributed by atoms with Crippen LogP contribution in [0.4, 0.5) is 17.6 Å². The Labute approximate surface area is 187 Å². The summed E-state index contributed by atoms with van der Waals surface area (Å²) in [6.07, 6.45) is -1.50. The lowest BCUT2D eigenvalue weighted by atomic mass is 9.83. The van der Waals surface area contributed by atoms with Crippen LogP contribution in [0.3, 0.4) is 0 Å². The molecule has 4 rings (SSSR count). The first-order chi connectivity index (χ1) is 15.6. The second kappa shape index (κ2) is 8.49. The van der Waals surface area contributed by atoms with Crippen LogP contribution in [0, 0.1) is 0 Å². The predicted octanol–water partition coefficient (Wildman–Crippen LogP) is 3.90. The highest BCUT2D eigenvalue weighted by Gasteiger charge is 2.37. The van der Waals surface area contributed by atoms with E-state index in [-0.39, 0.29) is 36.1 Å². The van der Waals surface area contributed by atoms with Gasteiger partial charge in [0.2, 0.25) is 5.91 Å². The first-order valence-corrected chi connectivity index (χ1v) is 10.5. The largest absolute Gasteiger partial charge is 0.416 e. The topological polar surface area (TPSA) is 73.8 Å². The summed E-state index contributed by atoms with van der Waals surface area (Å²) in [6, 6.07) is 4.12. The number of fused-ring (bicyclic) bond motifs is 1. The number of halogens is 4. The maximum atomic E-state index is 14.6. The monoisotopic (exact) mass is 462 g/mol. The van der Waals surface area contributed by atoms with Crippen molar-refractivity contribution in [3.63, 3.8) is 0 Å². The summed E-state index contributed by atoms with van der Waals surface area (Å²) in [6.45, 7) is 3.70. The zero-order valence-electron chi connectivity index (χ0n) is 18.0. The van der Waals surface area contributed by atoms with Crippen molar-refractivity contribution in [2.45, 2.75) is 44.8 Å². The maximum Gasteiger partial charge on any atom is 0.416 e. The van der Waals surface area contributed by atoms with Crippen molar-refractivity contribution in [1.82, 2.24) is 15.6 Å². The van der Waals surface area contributed by atoms with Crippen molar-refractivity contribution in [3.05, 3.63) is 69.8 Å². The van der Waals surface area contributed by atoms with Gasteiger partial charge in [-0.3, -0.25) is 9.59 Å². The number of nitrogens with zero attached hydrogens (tertiary/aromatic N) is 2. The minimum absolute atomic E-state index is 0.00724. The molecule has 0 radical (unpaired) electrons. The Morgan fingerprint density at radius 3 is 2.58 bits per heavy atom. The van der Waals surface area contributed by atoms with E-state index in [1.807, 2.05) is 0 Å². The number of rotatable bonds is 4. The van der Waals surface area contributed by atoms with Crippen LogP contribution in [0.25, 0.3) is 0 Å². The molecule has 2 aliphatic heterocycles. The molecule has 0 bridgehead atoms. The normalized spacial score (nSPS) is 22.9. The maximum absolute atomic E-state index is 14.6. The minimum Gasteiger partial charge on any atom is -0.320 e. The molecule has 0 saturated heterocycles. The molecular weight excluding hydrogens is 440 g/mol. The fraction of sp³-hybridized carbons (Fsp3) is 0.348. The third-order valence-electron chi connectivity index (χ3n) is 6.11. The van der Waals surface area contributed by atoms with Crippen molar-refractivity contribution in [2.75, 3.05) is 6.54 Å². The highest BCUT2D eigenvalue weighted by molar-refractivity contribution is 6.00. The first kappa shape index (κ1) is 22.8. The molecule has 10 heteroatoms. The van der Waals surface area contributed by atoms with Gasteiger partial charge in [0, 0.05) is 36.6 Å². The van der Waals surface area contributed by atoms with Gasteiger partial charge < -0.3 is 15.6 Å². The van der Waals surface area contributed by atoms with Gasteiger partial charge in [-0.25, -0.2) is 4.39 Å². The number of alkyl halides is 3. The molecule has 33 heavy (non-hydrogen) atoms. The molecule has 2 atom stereocenters. The van der Waals surface area contributed by atoms with E-state index in [1.165, 1.54) is 23.1 Å². The number of hydrazone groups is 1. The van der Waals surface area contributed by atoms with Gasteiger partial charge in [-0.15, -0.1) is 0 Å². The summed E-state index contributed by atoms with van der Waals surface area (Å²) in [4.78, 5) is 27.4. The Morgan fingerprint density at radius 1 is 1.24 bits per heavy atom. The van der Waals surface area contributed by atoms with E-state index in [2.05, 4.69) is 15.8 Å². The summed E-state index contributed by atoms with van der Waals surface area (Å²) in [5.74, 6) is -2.12. The molecule has 0 saturated carbocycles. The average Bonchev–Trinajstić information content (AvgIpc) is 3.20. The van der Waals surface area contributed by atoms with Crippen LogP contribution in [0.15, 0.2) is 63.8 Å². The number of nitrogens with one attached hydrogen (secondary N) is 2. The van der Waals surface area contributed by atoms with E-state index < -0.39 is 29.4 Å². The third-order valence-corrected chi connectivity index (χ3v) is 6.11. The number of carbonyl (C=O) groups excluding carboxylic acids is 2. The van der Waals surface area contributed by atoms with Crippen LogP contribution in [-0.4, -0.2) is 35.5 Å². The van der Waals surface area contributed by atoms with Gasteiger partial charge in [-0.05, 0) is 43.2 Å². The SMILES string of the molecule is CCN1C(=O)CC(c2ccc(C(F)(F)F)cc2)C(C(=O)NC2=C(F)CC3NN=CC3=C2)=C1C. The van der Waals surface area contributed by atoms with Gasteiger partial charge in [0.25, 0.3) is 5.91 Å². The molecule has 2 amide bonds. The smallest absolute Gasteiger partial charge is 0.320 e. The Kier molecular flexibility index (Phi) is 5.85. The van der Waals surface area contributed by atoms with E-state index in [9.17, 15) is 27.2 Å². The van der Waals surface area contributed by atoms with Crippen LogP contribution in [0.2, 0.25) is 0 Å². The van der Waals surface area contributed by atoms with Crippen LogP contribution >= 0.6 is 0 Å². The Bertz CT molecular complexity index is 1120. The summed E-state index contributed by atoms with van der Waals surface area (Å²) < 4.78 is 53.6. The molecule has 2 N–H and O–H groups in total. The third kappa shape index (κ3) is 4.29. The van der Waals surface area contributed by atoms with Crippen molar-refractivity contribution in [3.8, 4) is 0 Å². The summed E-state index contributed by atoms with van der Waals surface area (Å²) in [5.41, 5.74) is 3.70. The number of benzene rings is 1. The van der Waals surface area contributed by atoms with Crippen molar-refractivity contribution in [1.29, 1.82) is 0 Å². The molecule has 2 heterocycles. The molecule has 1 aromatic carbocycles. The number of hydrogen-bond donors (Lipinski definition) is 2. The average molecular weight is 462 g/mol.